The van der Waals surface area contributed by atoms with Crippen LogP contribution in [-0.4, -0.2) is 16.1 Å². The Morgan fingerprint density at radius 2 is 1.24 bits per heavy atom. The van der Waals surface area contributed by atoms with E-state index in [1.165, 1.54) is 35.1 Å². The van der Waals surface area contributed by atoms with Crippen LogP contribution in [0.1, 0.15) is 58.1 Å². The molecule has 0 amide bonds. The van der Waals surface area contributed by atoms with E-state index < -0.39 is 16.1 Å². The summed E-state index contributed by atoms with van der Waals surface area (Å²) in [7, 11) is -2.66. The molecule has 0 aromatic heterocycles. The van der Waals surface area contributed by atoms with Crippen LogP contribution in [0.25, 0.3) is 12.2 Å². The fraction of sp³-hybridized carbons (Fsp3) is 0.467. The molecule has 0 N–H and O–H groups in total. The summed E-state index contributed by atoms with van der Waals surface area (Å²) in [5.74, 6) is 1.91. The molecule has 0 saturated carbocycles. The third-order valence-electron chi connectivity index (χ3n) is 7.80. The van der Waals surface area contributed by atoms with Gasteiger partial charge in [0.1, 0.15) is 0 Å². The summed E-state index contributed by atoms with van der Waals surface area (Å²) >= 11 is 0. The van der Waals surface area contributed by atoms with E-state index in [-0.39, 0.29) is 32.7 Å². The van der Waals surface area contributed by atoms with Crippen molar-refractivity contribution in [3.63, 3.8) is 0 Å². The van der Waals surface area contributed by atoms with Gasteiger partial charge in [0.15, 0.2) is 0 Å². The fourth-order valence-corrected chi connectivity index (χ4v) is 20.8. The standard InChI is InChI=1S/C30H42Si2.Y/c1-21-9-15-26-23(11-12-24(26)19-21)13-18-29(30(31(3,4)5)32(6,7)8)28-17-14-25-20-22(2)10-16-27(25)28;/h9-12,14-17,19-20,23,28-30H,13,18H2,1-8H3;. The van der Waals surface area contributed by atoms with Crippen molar-refractivity contribution < 1.29 is 32.7 Å². The van der Waals surface area contributed by atoms with Crippen LogP contribution in [0.15, 0.2) is 48.6 Å². The van der Waals surface area contributed by atoms with Gasteiger partial charge in [-0.05, 0) is 60.0 Å². The summed E-state index contributed by atoms with van der Waals surface area (Å²) in [6, 6.07) is 14.2. The molecule has 2 aliphatic carbocycles. The second kappa shape index (κ2) is 10.2. The molecule has 0 nitrogen and oxygen atoms in total. The Hall–Kier alpha value is -0.542. The molecule has 33 heavy (non-hydrogen) atoms. The van der Waals surface area contributed by atoms with Crippen LogP contribution in [0.2, 0.25) is 44.4 Å². The molecule has 0 saturated heterocycles. The van der Waals surface area contributed by atoms with Crippen LogP contribution in [0.5, 0.6) is 0 Å². The first-order valence-corrected chi connectivity index (χ1v) is 19.7. The molecule has 0 bridgehead atoms. The molecule has 2 aromatic carbocycles. The normalized spacial score (nSPS) is 20.0. The third-order valence-corrected chi connectivity index (χ3v) is 17.6. The molecule has 2 aliphatic rings. The zero-order chi connectivity index (χ0) is 23.3. The van der Waals surface area contributed by atoms with Gasteiger partial charge in [0, 0.05) is 60.7 Å². The van der Waals surface area contributed by atoms with Crippen molar-refractivity contribution >= 4 is 28.3 Å². The van der Waals surface area contributed by atoms with Gasteiger partial charge in [0.25, 0.3) is 0 Å². The average molecular weight is 548 g/mol. The van der Waals surface area contributed by atoms with Gasteiger partial charge in [-0.2, -0.15) is 0 Å². The minimum absolute atomic E-state index is 0. The maximum absolute atomic E-state index is 2.63. The molecular weight excluding hydrogens is 505 g/mol. The molecule has 1 radical (unpaired) electrons. The van der Waals surface area contributed by atoms with Gasteiger partial charge in [-0.25, -0.2) is 0 Å². The number of rotatable bonds is 7. The van der Waals surface area contributed by atoms with Gasteiger partial charge >= 0.3 is 0 Å². The van der Waals surface area contributed by atoms with Gasteiger partial charge in [-0.1, -0.05) is 111 Å². The van der Waals surface area contributed by atoms with Crippen molar-refractivity contribution in [2.24, 2.45) is 5.92 Å². The Kier molecular flexibility index (Phi) is 8.37. The SMILES string of the molecule is Cc1ccc2c(c1)C=CC2CCC(C1C=Cc2cc(C)ccc21)C([Si](C)(C)C)[Si](C)(C)C.[Y]. The van der Waals surface area contributed by atoms with Crippen LogP contribution in [0.3, 0.4) is 0 Å². The van der Waals surface area contributed by atoms with Crippen LogP contribution in [-0.2, 0) is 32.7 Å². The molecule has 0 fully saturated rings. The maximum Gasteiger partial charge on any atom is 0.0450 e. The van der Waals surface area contributed by atoms with Crippen LogP contribution < -0.4 is 0 Å². The summed E-state index contributed by atoms with van der Waals surface area (Å²) in [6.07, 6.45) is 12.4. The number of benzene rings is 2. The first-order valence-electron chi connectivity index (χ1n) is 12.5. The number of hydrogen-bond acceptors (Lipinski definition) is 0. The predicted molar refractivity (Wildman–Crippen MR) is 149 cm³/mol. The summed E-state index contributed by atoms with van der Waals surface area (Å²) in [4.78, 5) is 0. The average Bonchev–Trinajstić information content (AvgIpc) is 3.26. The van der Waals surface area contributed by atoms with Crippen molar-refractivity contribution in [3.05, 3.63) is 81.9 Å². The van der Waals surface area contributed by atoms with Crippen LogP contribution >= 0.6 is 0 Å². The first kappa shape index (κ1) is 27.1. The molecule has 3 atom stereocenters. The zero-order valence-electron chi connectivity index (χ0n) is 22.1. The third kappa shape index (κ3) is 5.82. The van der Waals surface area contributed by atoms with Crippen LogP contribution in [0.4, 0.5) is 0 Å². The Labute approximate surface area is 230 Å². The zero-order valence-corrected chi connectivity index (χ0v) is 26.9. The molecule has 4 rings (SSSR count). The van der Waals surface area contributed by atoms with E-state index in [0.717, 1.165) is 11.1 Å². The number of fused-ring (bicyclic) bond motifs is 2. The number of allylic oxidation sites excluding steroid dienone is 2. The minimum Gasteiger partial charge on any atom is -0.0764 e. The summed E-state index contributed by atoms with van der Waals surface area (Å²) in [5.41, 5.74) is 8.78. The Morgan fingerprint density at radius 1 is 0.727 bits per heavy atom. The number of hydrogen-bond donors (Lipinski definition) is 0. The Balaban J connectivity index is 0.00000306. The van der Waals surface area contributed by atoms with E-state index in [0.29, 0.717) is 11.8 Å². The molecule has 173 valence electrons. The van der Waals surface area contributed by atoms with Gasteiger partial charge in [0.05, 0.1) is 0 Å². The van der Waals surface area contributed by atoms with E-state index in [9.17, 15) is 0 Å². The largest absolute Gasteiger partial charge is 0.0764 e. The molecule has 3 heteroatoms. The smallest absolute Gasteiger partial charge is 0.0450 e. The maximum atomic E-state index is 2.63. The van der Waals surface area contributed by atoms with E-state index in [4.69, 9.17) is 0 Å². The van der Waals surface area contributed by atoms with Crippen molar-refractivity contribution in [2.75, 3.05) is 0 Å². The van der Waals surface area contributed by atoms with Gasteiger partial charge in [0.2, 0.25) is 0 Å². The van der Waals surface area contributed by atoms with Crippen molar-refractivity contribution in [2.45, 2.75) is 83.0 Å². The second-order valence-corrected chi connectivity index (χ2v) is 23.9. The molecule has 0 heterocycles. The summed E-state index contributed by atoms with van der Waals surface area (Å²) in [5, 5.41) is 0.903. The van der Waals surface area contributed by atoms with Gasteiger partial charge < -0.3 is 0 Å². The quantitative estimate of drug-likeness (QED) is 0.303. The van der Waals surface area contributed by atoms with Crippen molar-refractivity contribution in [1.29, 1.82) is 0 Å². The van der Waals surface area contributed by atoms with Crippen LogP contribution in [0, 0.1) is 19.8 Å². The van der Waals surface area contributed by atoms with Crippen molar-refractivity contribution in [3.8, 4) is 0 Å². The Bertz CT molecular complexity index is 1040. The van der Waals surface area contributed by atoms with E-state index in [1.807, 2.05) is 0 Å². The second-order valence-electron chi connectivity index (χ2n) is 12.6. The molecule has 0 aliphatic heterocycles. The van der Waals surface area contributed by atoms with E-state index in [1.54, 1.807) is 11.1 Å². The number of aryl methyl sites for hydroxylation is 2. The molecule has 2 aromatic rings. The summed E-state index contributed by atoms with van der Waals surface area (Å²) in [6.45, 7) is 20.2. The Morgan fingerprint density at radius 3 is 1.82 bits per heavy atom. The minimum atomic E-state index is -1.33. The van der Waals surface area contributed by atoms with Gasteiger partial charge in [-0.3, -0.25) is 0 Å². The topological polar surface area (TPSA) is 0 Å². The van der Waals surface area contributed by atoms with Crippen molar-refractivity contribution in [1.82, 2.24) is 0 Å². The van der Waals surface area contributed by atoms with Gasteiger partial charge in [-0.15, -0.1) is 0 Å². The van der Waals surface area contributed by atoms with E-state index >= 15 is 0 Å². The first-order chi connectivity index (χ1) is 14.9. The van der Waals surface area contributed by atoms with E-state index in [2.05, 4.69) is 114 Å². The molecule has 0 spiro atoms. The molecular formula is C30H42Si2Y. The summed E-state index contributed by atoms with van der Waals surface area (Å²) < 4.78 is 0. The molecule has 3 unspecified atom stereocenters. The monoisotopic (exact) mass is 547 g/mol. The fourth-order valence-electron chi connectivity index (χ4n) is 7.09. The predicted octanol–water partition coefficient (Wildman–Crippen LogP) is 9.20.